The molecule has 0 aliphatic carbocycles. The molecule has 5 nitrogen and oxygen atoms in total. The number of methoxy groups -OCH3 is 1. The van der Waals surface area contributed by atoms with E-state index in [1.165, 1.54) is 7.11 Å². The lowest BCUT2D eigenvalue weighted by Gasteiger charge is -2.07. The average Bonchev–Trinajstić information content (AvgIpc) is 2.42. The first-order valence-electron chi connectivity index (χ1n) is 5.63. The molecule has 1 aromatic heterocycles. The maximum absolute atomic E-state index is 9.47. The molecule has 94 valence electrons. The summed E-state index contributed by atoms with van der Waals surface area (Å²) in [6.07, 6.45) is 1.65. The van der Waals surface area contributed by atoms with Crippen molar-refractivity contribution in [2.45, 2.75) is 13.1 Å². The molecule has 0 aliphatic heterocycles. The summed E-state index contributed by atoms with van der Waals surface area (Å²) in [4.78, 5) is 0. The van der Waals surface area contributed by atoms with Crippen molar-refractivity contribution >= 4 is 0 Å². The lowest BCUT2D eigenvalue weighted by Crippen LogP contribution is -2.13. The number of hydrogen-bond donors (Lipinski definition) is 2. The number of phenols is 1. The summed E-state index contributed by atoms with van der Waals surface area (Å²) >= 11 is 0. The molecule has 0 amide bonds. The Morgan fingerprint density at radius 1 is 1.28 bits per heavy atom. The number of nitrogens with one attached hydrogen (secondary N) is 1. The molecule has 2 N–H and O–H groups in total. The van der Waals surface area contributed by atoms with Crippen LogP contribution in [0.4, 0.5) is 0 Å². The van der Waals surface area contributed by atoms with Crippen molar-refractivity contribution in [3.63, 3.8) is 0 Å². The number of aromatic hydroxyl groups is 1. The number of nitrogens with zero attached hydrogens (tertiary/aromatic N) is 2. The summed E-state index contributed by atoms with van der Waals surface area (Å²) in [5.74, 6) is 0.629. The molecule has 0 radical (unpaired) electrons. The van der Waals surface area contributed by atoms with Crippen LogP contribution in [0.25, 0.3) is 0 Å². The molecule has 1 aromatic carbocycles. The maximum Gasteiger partial charge on any atom is 0.160 e. The van der Waals surface area contributed by atoms with Gasteiger partial charge in [-0.05, 0) is 29.8 Å². The minimum Gasteiger partial charge on any atom is -0.504 e. The Morgan fingerprint density at radius 3 is 2.89 bits per heavy atom. The van der Waals surface area contributed by atoms with Crippen molar-refractivity contribution < 1.29 is 9.84 Å². The zero-order chi connectivity index (χ0) is 12.8. The highest BCUT2D eigenvalue weighted by atomic mass is 16.5. The van der Waals surface area contributed by atoms with Crippen LogP contribution in [0, 0.1) is 0 Å². The molecule has 0 atom stereocenters. The molecule has 0 aliphatic rings. The van der Waals surface area contributed by atoms with Gasteiger partial charge in [0.2, 0.25) is 0 Å². The molecule has 5 heteroatoms. The summed E-state index contributed by atoms with van der Waals surface area (Å²) < 4.78 is 5.05. The number of benzene rings is 1. The number of hydrogen-bond acceptors (Lipinski definition) is 5. The average molecular weight is 245 g/mol. The summed E-state index contributed by atoms with van der Waals surface area (Å²) in [6.45, 7) is 1.32. The summed E-state index contributed by atoms with van der Waals surface area (Å²) in [6, 6.07) is 9.05. The first-order chi connectivity index (χ1) is 8.79. The van der Waals surface area contributed by atoms with Gasteiger partial charge in [-0.2, -0.15) is 10.2 Å². The first-order valence-corrected chi connectivity index (χ1v) is 5.63. The zero-order valence-electron chi connectivity index (χ0n) is 10.1. The third-order valence-corrected chi connectivity index (χ3v) is 2.51. The van der Waals surface area contributed by atoms with Crippen LogP contribution in [0.1, 0.15) is 11.3 Å². The Bertz CT molecular complexity index is 503. The highest BCUT2D eigenvalue weighted by Crippen LogP contribution is 2.26. The molecule has 2 rings (SSSR count). The van der Waals surface area contributed by atoms with E-state index < -0.39 is 0 Å². The third kappa shape index (κ3) is 3.18. The Labute approximate surface area is 105 Å². The second-order valence-electron chi connectivity index (χ2n) is 3.82. The van der Waals surface area contributed by atoms with E-state index in [9.17, 15) is 5.11 Å². The summed E-state index contributed by atoms with van der Waals surface area (Å²) in [5, 5.41) is 20.5. The molecule has 0 saturated carbocycles. The second-order valence-corrected chi connectivity index (χ2v) is 3.82. The first kappa shape index (κ1) is 12.3. The number of ether oxygens (including phenoxy) is 1. The van der Waals surface area contributed by atoms with Crippen LogP contribution < -0.4 is 10.1 Å². The van der Waals surface area contributed by atoms with E-state index in [2.05, 4.69) is 15.5 Å². The van der Waals surface area contributed by atoms with Gasteiger partial charge in [0.05, 0.1) is 12.8 Å². The van der Waals surface area contributed by atoms with Crippen LogP contribution in [-0.2, 0) is 13.1 Å². The van der Waals surface area contributed by atoms with E-state index in [-0.39, 0.29) is 5.75 Å². The van der Waals surface area contributed by atoms with Crippen LogP contribution >= 0.6 is 0 Å². The Kier molecular flexibility index (Phi) is 4.09. The van der Waals surface area contributed by atoms with Gasteiger partial charge in [0.15, 0.2) is 11.5 Å². The molecule has 0 saturated heterocycles. The van der Waals surface area contributed by atoms with Crippen molar-refractivity contribution in [2.75, 3.05) is 7.11 Å². The third-order valence-electron chi connectivity index (χ3n) is 2.51. The molecule has 0 bridgehead atoms. The molecule has 0 unspecified atom stereocenters. The van der Waals surface area contributed by atoms with E-state index in [1.54, 1.807) is 18.3 Å². The largest absolute Gasteiger partial charge is 0.504 e. The van der Waals surface area contributed by atoms with Crippen LogP contribution in [0.15, 0.2) is 36.5 Å². The molecule has 0 spiro atoms. The molecular formula is C13H15N3O2. The van der Waals surface area contributed by atoms with Gasteiger partial charge in [-0.1, -0.05) is 6.07 Å². The van der Waals surface area contributed by atoms with Crippen LogP contribution in [0.3, 0.4) is 0 Å². The fourth-order valence-electron chi connectivity index (χ4n) is 1.59. The standard InChI is InChI=1S/C13H15N3O2/c1-18-13-7-10(4-5-12(13)17)8-14-9-11-3-2-6-15-16-11/h2-7,14,17H,8-9H2,1H3. The smallest absolute Gasteiger partial charge is 0.160 e. The van der Waals surface area contributed by atoms with Crippen molar-refractivity contribution in [2.24, 2.45) is 0 Å². The lowest BCUT2D eigenvalue weighted by molar-refractivity contribution is 0.372. The quantitative estimate of drug-likeness (QED) is 0.835. The Balaban J connectivity index is 1.91. The zero-order valence-corrected chi connectivity index (χ0v) is 10.1. The lowest BCUT2D eigenvalue weighted by atomic mass is 10.2. The maximum atomic E-state index is 9.47. The predicted molar refractivity (Wildman–Crippen MR) is 67.2 cm³/mol. The molecule has 18 heavy (non-hydrogen) atoms. The molecule has 2 aromatic rings. The van der Waals surface area contributed by atoms with Gasteiger partial charge < -0.3 is 15.2 Å². The van der Waals surface area contributed by atoms with Gasteiger partial charge in [0.25, 0.3) is 0 Å². The van der Waals surface area contributed by atoms with Crippen molar-refractivity contribution in [1.82, 2.24) is 15.5 Å². The van der Waals surface area contributed by atoms with Crippen molar-refractivity contribution in [3.05, 3.63) is 47.8 Å². The fraction of sp³-hybridized carbons (Fsp3) is 0.231. The van der Waals surface area contributed by atoms with Crippen LogP contribution in [0.5, 0.6) is 11.5 Å². The van der Waals surface area contributed by atoms with Gasteiger partial charge in [0.1, 0.15) is 0 Å². The number of phenolic OH excluding ortho intramolecular Hbond substituents is 1. The van der Waals surface area contributed by atoms with Gasteiger partial charge in [0, 0.05) is 19.3 Å². The summed E-state index contributed by atoms with van der Waals surface area (Å²) in [7, 11) is 1.53. The van der Waals surface area contributed by atoms with Gasteiger partial charge in [-0.25, -0.2) is 0 Å². The minimum absolute atomic E-state index is 0.148. The van der Waals surface area contributed by atoms with E-state index >= 15 is 0 Å². The summed E-state index contributed by atoms with van der Waals surface area (Å²) in [5.41, 5.74) is 1.93. The number of aromatic nitrogens is 2. The normalized spacial score (nSPS) is 10.3. The van der Waals surface area contributed by atoms with Crippen molar-refractivity contribution in [3.8, 4) is 11.5 Å². The topological polar surface area (TPSA) is 67.3 Å². The van der Waals surface area contributed by atoms with E-state index in [0.29, 0.717) is 18.8 Å². The molecule has 1 heterocycles. The SMILES string of the molecule is COc1cc(CNCc2cccnn2)ccc1O. The fourth-order valence-corrected chi connectivity index (χ4v) is 1.59. The predicted octanol–water partition coefficient (Wildman–Crippen LogP) is 1.48. The monoisotopic (exact) mass is 245 g/mol. The van der Waals surface area contributed by atoms with Crippen LogP contribution in [0.2, 0.25) is 0 Å². The van der Waals surface area contributed by atoms with Crippen molar-refractivity contribution in [1.29, 1.82) is 0 Å². The minimum atomic E-state index is 0.148. The van der Waals surface area contributed by atoms with Gasteiger partial charge in [-0.3, -0.25) is 0 Å². The van der Waals surface area contributed by atoms with Crippen LogP contribution in [-0.4, -0.2) is 22.4 Å². The van der Waals surface area contributed by atoms with E-state index in [0.717, 1.165) is 11.3 Å². The highest BCUT2D eigenvalue weighted by Gasteiger charge is 2.02. The number of rotatable bonds is 5. The molecule has 0 fully saturated rings. The Morgan fingerprint density at radius 2 is 2.17 bits per heavy atom. The second kappa shape index (κ2) is 5.97. The highest BCUT2D eigenvalue weighted by molar-refractivity contribution is 5.41. The Hall–Kier alpha value is -2.14. The van der Waals surface area contributed by atoms with Gasteiger partial charge >= 0.3 is 0 Å². The van der Waals surface area contributed by atoms with Gasteiger partial charge in [-0.15, -0.1) is 0 Å². The van der Waals surface area contributed by atoms with E-state index in [4.69, 9.17) is 4.74 Å². The van der Waals surface area contributed by atoms with E-state index in [1.807, 2.05) is 18.2 Å². The molecular weight excluding hydrogens is 230 g/mol.